The maximum absolute atomic E-state index is 10.8. The van der Waals surface area contributed by atoms with E-state index in [0.29, 0.717) is 0 Å². The number of rotatable bonds is 1. The lowest BCUT2D eigenvalue weighted by Crippen LogP contribution is -2.08. The monoisotopic (exact) mass is 192 g/mol. The normalized spacial score (nSPS) is 19.4. The molecule has 0 saturated heterocycles. The van der Waals surface area contributed by atoms with Crippen molar-refractivity contribution in [2.45, 2.75) is 25.8 Å². The van der Waals surface area contributed by atoms with Crippen LogP contribution in [-0.2, 0) is 6.42 Å². The van der Waals surface area contributed by atoms with Crippen molar-refractivity contribution in [3.8, 4) is 0 Å². The molecule has 14 heavy (non-hydrogen) atoms. The number of nitrogens with zero attached hydrogens (tertiary/aromatic N) is 1. The summed E-state index contributed by atoms with van der Waals surface area (Å²) in [5, 5.41) is 10.8. The van der Waals surface area contributed by atoms with Gasteiger partial charge in [0.1, 0.15) is 0 Å². The van der Waals surface area contributed by atoms with E-state index in [1.165, 1.54) is 0 Å². The van der Waals surface area contributed by atoms with Gasteiger partial charge in [-0.2, -0.15) is 0 Å². The van der Waals surface area contributed by atoms with Crippen molar-refractivity contribution in [3.63, 3.8) is 0 Å². The fourth-order valence-electron chi connectivity index (χ4n) is 2.11. The number of fused-ring (bicyclic) bond motifs is 1. The first-order chi connectivity index (χ1) is 6.61. The summed E-state index contributed by atoms with van der Waals surface area (Å²) in [7, 11) is 0. The van der Waals surface area contributed by atoms with E-state index >= 15 is 0 Å². The molecule has 4 heteroatoms. The molecule has 1 atom stereocenters. The van der Waals surface area contributed by atoms with Gasteiger partial charge in [-0.15, -0.1) is 0 Å². The molecule has 0 amide bonds. The predicted molar refractivity (Wildman–Crippen MR) is 53.1 cm³/mol. The molecule has 1 aromatic rings. The summed E-state index contributed by atoms with van der Waals surface area (Å²) in [5.74, 6) is 0. The highest BCUT2D eigenvalue weighted by molar-refractivity contribution is 5.53. The van der Waals surface area contributed by atoms with Crippen molar-refractivity contribution < 1.29 is 4.92 Å². The van der Waals surface area contributed by atoms with Gasteiger partial charge in [0, 0.05) is 17.7 Å². The standard InChI is InChI=1S/C10H12N2O2/c1-6-2-5-9(12(13)14)10-7(6)3-4-8(10)11/h2,5,8H,3-4,11H2,1H3. The lowest BCUT2D eigenvalue weighted by Gasteiger charge is -2.07. The molecule has 1 aliphatic carbocycles. The van der Waals surface area contributed by atoms with E-state index in [4.69, 9.17) is 5.73 Å². The van der Waals surface area contributed by atoms with E-state index in [9.17, 15) is 10.1 Å². The summed E-state index contributed by atoms with van der Waals surface area (Å²) >= 11 is 0. The second kappa shape index (κ2) is 3.06. The average molecular weight is 192 g/mol. The Bertz CT molecular complexity index is 401. The van der Waals surface area contributed by atoms with Crippen molar-refractivity contribution in [2.24, 2.45) is 5.73 Å². The third kappa shape index (κ3) is 1.19. The third-order valence-corrected chi connectivity index (χ3v) is 2.84. The molecule has 74 valence electrons. The lowest BCUT2D eigenvalue weighted by molar-refractivity contribution is -0.385. The highest BCUT2D eigenvalue weighted by Crippen LogP contribution is 2.37. The molecule has 0 saturated carbocycles. The molecule has 1 aromatic carbocycles. The van der Waals surface area contributed by atoms with Gasteiger partial charge in [-0.1, -0.05) is 6.07 Å². The minimum atomic E-state index is -0.344. The Kier molecular flexibility index (Phi) is 2.00. The largest absolute Gasteiger partial charge is 0.324 e. The van der Waals surface area contributed by atoms with E-state index in [0.717, 1.165) is 29.5 Å². The molecule has 4 nitrogen and oxygen atoms in total. The van der Waals surface area contributed by atoms with Crippen LogP contribution in [-0.4, -0.2) is 4.92 Å². The van der Waals surface area contributed by atoms with Gasteiger partial charge in [-0.25, -0.2) is 0 Å². The first kappa shape index (κ1) is 9.15. The zero-order valence-corrected chi connectivity index (χ0v) is 7.99. The van der Waals surface area contributed by atoms with Gasteiger partial charge in [0.2, 0.25) is 0 Å². The van der Waals surface area contributed by atoms with Crippen molar-refractivity contribution >= 4 is 5.69 Å². The van der Waals surface area contributed by atoms with Crippen LogP contribution in [0.1, 0.15) is 29.2 Å². The van der Waals surface area contributed by atoms with Crippen LogP contribution in [0.15, 0.2) is 12.1 Å². The Balaban J connectivity index is 2.66. The van der Waals surface area contributed by atoms with Gasteiger partial charge in [0.15, 0.2) is 0 Å². The van der Waals surface area contributed by atoms with Crippen LogP contribution >= 0.6 is 0 Å². The first-order valence-corrected chi connectivity index (χ1v) is 4.63. The fraction of sp³-hybridized carbons (Fsp3) is 0.400. The lowest BCUT2D eigenvalue weighted by atomic mass is 10.0. The van der Waals surface area contributed by atoms with E-state index in [2.05, 4.69) is 0 Å². The quantitative estimate of drug-likeness (QED) is 0.545. The molecule has 0 spiro atoms. The van der Waals surface area contributed by atoms with Crippen LogP contribution < -0.4 is 5.73 Å². The Hall–Kier alpha value is -1.42. The van der Waals surface area contributed by atoms with Gasteiger partial charge >= 0.3 is 0 Å². The molecule has 0 aliphatic heterocycles. The van der Waals surface area contributed by atoms with Gasteiger partial charge in [-0.3, -0.25) is 10.1 Å². The summed E-state index contributed by atoms with van der Waals surface area (Å²) in [6.45, 7) is 1.97. The van der Waals surface area contributed by atoms with Crippen LogP contribution in [0, 0.1) is 17.0 Å². The van der Waals surface area contributed by atoms with Gasteiger partial charge < -0.3 is 5.73 Å². The first-order valence-electron chi connectivity index (χ1n) is 4.63. The number of nitrogens with two attached hydrogens (primary N) is 1. The molecule has 0 bridgehead atoms. The molecule has 0 radical (unpaired) electrons. The van der Waals surface area contributed by atoms with Crippen LogP contribution in [0.25, 0.3) is 0 Å². The van der Waals surface area contributed by atoms with Crippen LogP contribution in [0.3, 0.4) is 0 Å². The average Bonchev–Trinajstić information content (AvgIpc) is 2.50. The van der Waals surface area contributed by atoms with Gasteiger partial charge in [-0.05, 0) is 30.9 Å². The van der Waals surface area contributed by atoms with Gasteiger partial charge in [0.25, 0.3) is 5.69 Å². The summed E-state index contributed by atoms with van der Waals surface area (Å²) in [5.41, 5.74) is 8.96. The van der Waals surface area contributed by atoms with Crippen LogP contribution in [0.5, 0.6) is 0 Å². The number of hydrogen-bond donors (Lipinski definition) is 1. The van der Waals surface area contributed by atoms with Crippen molar-refractivity contribution in [3.05, 3.63) is 38.9 Å². The molecule has 1 aliphatic rings. The second-order valence-corrected chi connectivity index (χ2v) is 3.70. The van der Waals surface area contributed by atoms with Crippen molar-refractivity contribution in [1.29, 1.82) is 0 Å². The minimum Gasteiger partial charge on any atom is -0.324 e. The van der Waals surface area contributed by atoms with E-state index in [1.54, 1.807) is 12.1 Å². The molecular formula is C10H12N2O2. The topological polar surface area (TPSA) is 69.2 Å². The molecule has 2 N–H and O–H groups in total. The molecule has 0 aromatic heterocycles. The summed E-state index contributed by atoms with van der Waals surface area (Å²) in [6, 6.07) is 3.19. The number of nitro benzene ring substituents is 1. The summed E-state index contributed by atoms with van der Waals surface area (Å²) in [6.07, 6.45) is 1.69. The highest BCUT2D eigenvalue weighted by Gasteiger charge is 2.28. The fourth-order valence-corrected chi connectivity index (χ4v) is 2.11. The van der Waals surface area contributed by atoms with E-state index in [-0.39, 0.29) is 16.7 Å². The minimum absolute atomic E-state index is 0.162. The number of hydrogen-bond acceptors (Lipinski definition) is 3. The maximum Gasteiger partial charge on any atom is 0.274 e. The molecule has 0 fully saturated rings. The zero-order valence-electron chi connectivity index (χ0n) is 7.99. The van der Waals surface area contributed by atoms with E-state index < -0.39 is 0 Å². The SMILES string of the molecule is Cc1ccc([N+](=O)[O-])c2c1CCC2N. The third-order valence-electron chi connectivity index (χ3n) is 2.84. The second-order valence-electron chi connectivity index (χ2n) is 3.70. The van der Waals surface area contributed by atoms with Crippen LogP contribution in [0.4, 0.5) is 5.69 Å². The Labute approximate surface area is 81.9 Å². The van der Waals surface area contributed by atoms with E-state index in [1.807, 2.05) is 6.92 Å². The molecule has 1 unspecified atom stereocenters. The Morgan fingerprint density at radius 3 is 2.93 bits per heavy atom. The number of benzene rings is 1. The molecule has 0 heterocycles. The molecule has 2 rings (SSSR count). The predicted octanol–water partition coefficient (Wildman–Crippen LogP) is 1.85. The Morgan fingerprint density at radius 1 is 1.57 bits per heavy atom. The highest BCUT2D eigenvalue weighted by atomic mass is 16.6. The molecular weight excluding hydrogens is 180 g/mol. The summed E-state index contributed by atoms with van der Waals surface area (Å²) < 4.78 is 0. The van der Waals surface area contributed by atoms with Crippen LogP contribution in [0.2, 0.25) is 0 Å². The van der Waals surface area contributed by atoms with Crippen molar-refractivity contribution in [2.75, 3.05) is 0 Å². The van der Waals surface area contributed by atoms with Gasteiger partial charge in [0.05, 0.1) is 4.92 Å². The zero-order chi connectivity index (χ0) is 10.3. The van der Waals surface area contributed by atoms with Crippen molar-refractivity contribution in [1.82, 2.24) is 0 Å². The number of nitro groups is 1. The number of aryl methyl sites for hydroxylation is 1. The maximum atomic E-state index is 10.8. The Morgan fingerprint density at radius 2 is 2.29 bits per heavy atom. The smallest absolute Gasteiger partial charge is 0.274 e. The summed E-state index contributed by atoms with van der Waals surface area (Å²) in [4.78, 5) is 10.4.